The molecule has 0 radical (unpaired) electrons. The van der Waals surface area contributed by atoms with Crippen molar-refractivity contribution in [1.29, 1.82) is 0 Å². The lowest BCUT2D eigenvalue weighted by Gasteiger charge is -2.32. The maximum atomic E-state index is 12.8. The molecule has 9 nitrogen and oxygen atoms in total. The van der Waals surface area contributed by atoms with E-state index in [1.165, 1.54) is 35.6 Å². The predicted molar refractivity (Wildman–Crippen MR) is 127 cm³/mol. The van der Waals surface area contributed by atoms with E-state index >= 15 is 0 Å². The fourth-order valence-corrected chi connectivity index (χ4v) is 4.56. The number of thiazole rings is 1. The second kappa shape index (κ2) is 10.9. The number of nitrogens with one attached hydrogen (secondary N) is 2. The highest BCUT2D eigenvalue weighted by Crippen LogP contribution is 2.21. The number of nitro groups is 1. The smallest absolute Gasteiger partial charge is 0.271 e. The molecule has 10 heteroatoms. The Hall–Kier alpha value is -3.79. The van der Waals surface area contributed by atoms with Crippen LogP contribution in [0.3, 0.4) is 0 Å². The summed E-state index contributed by atoms with van der Waals surface area (Å²) < 4.78 is 5.69. The number of carbonyl (C=O) groups is 2. The van der Waals surface area contributed by atoms with Gasteiger partial charge in [0.15, 0.2) is 0 Å². The zero-order chi connectivity index (χ0) is 23.9. The van der Waals surface area contributed by atoms with Gasteiger partial charge in [-0.3, -0.25) is 19.7 Å². The molecule has 0 bridgehead atoms. The van der Waals surface area contributed by atoms with Crippen molar-refractivity contribution in [2.24, 2.45) is 0 Å². The molecule has 2 N–H and O–H groups in total. The molecule has 4 rings (SSSR count). The molecule has 1 heterocycles. The van der Waals surface area contributed by atoms with E-state index in [1.54, 1.807) is 5.38 Å². The van der Waals surface area contributed by atoms with Crippen LogP contribution in [0.4, 0.5) is 5.69 Å². The number of para-hydroxylation sites is 1. The van der Waals surface area contributed by atoms with E-state index in [4.69, 9.17) is 4.74 Å². The molecule has 0 aliphatic heterocycles. The maximum Gasteiger partial charge on any atom is 0.271 e. The number of nitrogens with zero attached hydrogens (tertiary/aromatic N) is 2. The van der Waals surface area contributed by atoms with Crippen molar-refractivity contribution in [1.82, 2.24) is 15.6 Å². The van der Waals surface area contributed by atoms with Crippen molar-refractivity contribution in [3.63, 3.8) is 0 Å². The second-order valence-electron chi connectivity index (χ2n) is 7.98. The third-order valence-electron chi connectivity index (χ3n) is 5.61. The highest BCUT2D eigenvalue weighted by Gasteiger charge is 2.29. The van der Waals surface area contributed by atoms with Gasteiger partial charge in [0, 0.05) is 35.2 Å². The van der Waals surface area contributed by atoms with Crippen LogP contribution in [0, 0.1) is 10.1 Å². The van der Waals surface area contributed by atoms with Gasteiger partial charge in [-0.25, -0.2) is 4.98 Å². The Morgan fingerprint density at radius 1 is 1.03 bits per heavy atom. The molecule has 34 heavy (non-hydrogen) atoms. The van der Waals surface area contributed by atoms with Gasteiger partial charge in [0.2, 0.25) is 0 Å². The fourth-order valence-electron chi connectivity index (χ4n) is 3.87. The summed E-state index contributed by atoms with van der Waals surface area (Å²) in [4.78, 5) is 40.4. The van der Waals surface area contributed by atoms with E-state index in [0.717, 1.165) is 25.0 Å². The van der Waals surface area contributed by atoms with E-state index in [2.05, 4.69) is 15.6 Å². The normalized spacial score (nSPS) is 17.5. The molecule has 3 aromatic rings. The SMILES string of the molecule is O=C(N[C@H]1CCCC[C@H]1NC(=O)c1csc(COc2ccccc2)n1)c1cccc([N+](=O)[O-])c1. The number of aromatic nitrogens is 1. The highest BCUT2D eigenvalue weighted by molar-refractivity contribution is 7.09. The minimum absolute atomic E-state index is 0.142. The van der Waals surface area contributed by atoms with Crippen LogP contribution in [0.15, 0.2) is 60.0 Å². The first-order valence-corrected chi connectivity index (χ1v) is 11.9. The van der Waals surface area contributed by atoms with Gasteiger partial charge in [-0.2, -0.15) is 0 Å². The van der Waals surface area contributed by atoms with Crippen LogP contribution in [0.5, 0.6) is 5.75 Å². The summed E-state index contributed by atoms with van der Waals surface area (Å²) in [6.07, 6.45) is 3.28. The van der Waals surface area contributed by atoms with E-state index in [0.29, 0.717) is 17.1 Å². The number of rotatable bonds is 8. The van der Waals surface area contributed by atoms with Crippen molar-refractivity contribution in [2.45, 2.75) is 44.4 Å². The Kier molecular flexibility index (Phi) is 7.48. The second-order valence-corrected chi connectivity index (χ2v) is 8.92. The van der Waals surface area contributed by atoms with Crippen LogP contribution in [-0.2, 0) is 6.61 Å². The lowest BCUT2D eigenvalue weighted by molar-refractivity contribution is -0.384. The van der Waals surface area contributed by atoms with Crippen LogP contribution in [-0.4, -0.2) is 33.8 Å². The number of carbonyl (C=O) groups excluding carboxylic acids is 2. The number of benzene rings is 2. The van der Waals surface area contributed by atoms with E-state index in [-0.39, 0.29) is 35.8 Å². The van der Waals surface area contributed by atoms with Crippen molar-refractivity contribution in [3.8, 4) is 5.75 Å². The lowest BCUT2D eigenvalue weighted by Crippen LogP contribution is -2.53. The van der Waals surface area contributed by atoms with E-state index < -0.39 is 10.8 Å². The van der Waals surface area contributed by atoms with Crippen LogP contribution < -0.4 is 15.4 Å². The molecule has 176 valence electrons. The number of nitro benzene ring substituents is 1. The van der Waals surface area contributed by atoms with E-state index in [1.807, 2.05) is 30.3 Å². The van der Waals surface area contributed by atoms with Crippen molar-refractivity contribution < 1.29 is 19.2 Å². The molecule has 0 unspecified atom stereocenters. The number of non-ortho nitro benzene ring substituents is 1. The summed E-state index contributed by atoms with van der Waals surface area (Å²) in [5, 5.41) is 19.3. The fraction of sp³-hybridized carbons (Fsp3) is 0.292. The van der Waals surface area contributed by atoms with Crippen molar-refractivity contribution in [2.75, 3.05) is 0 Å². The summed E-state index contributed by atoms with van der Waals surface area (Å²) in [5.74, 6) is 0.0285. The van der Waals surface area contributed by atoms with Gasteiger partial charge in [-0.1, -0.05) is 37.1 Å². The zero-order valence-electron chi connectivity index (χ0n) is 18.3. The van der Waals surface area contributed by atoms with Crippen LogP contribution in [0.25, 0.3) is 0 Å². The number of hydrogen-bond donors (Lipinski definition) is 2. The van der Waals surface area contributed by atoms with Gasteiger partial charge in [-0.15, -0.1) is 11.3 Å². The molecule has 2 amide bonds. The Morgan fingerprint density at radius 3 is 2.44 bits per heavy atom. The van der Waals surface area contributed by atoms with Gasteiger partial charge < -0.3 is 15.4 Å². The number of amides is 2. The standard InChI is InChI=1S/C24H24N4O5S/c29-23(16-7-6-8-17(13-16)28(31)32)26-19-11-4-5-12-20(19)27-24(30)21-15-34-22(25-21)14-33-18-9-2-1-3-10-18/h1-3,6-10,13,15,19-20H,4-5,11-12,14H2,(H,26,29)(H,27,30)/t19-,20+/m0/s1. The summed E-state index contributed by atoms with van der Waals surface area (Å²) in [5.41, 5.74) is 0.384. The van der Waals surface area contributed by atoms with E-state index in [9.17, 15) is 19.7 Å². The molecular weight excluding hydrogens is 456 g/mol. The molecule has 1 fully saturated rings. The van der Waals surface area contributed by atoms with Gasteiger partial charge in [-0.05, 0) is 31.0 Å². The van der Waals surface area contributed by atoms with Crippen molar-refractivity contribution in [3.05, 3.63) is 86.4 Å². The molecule has 2 atom stereocenters. The summed E-state index contributed by atoms with van der Waals surface area (Å²) in [6.45, 7) is 0.271. The molecule has 1 saturated carbocycles. The lowest BCUT2D eigenvalue weighted by atomic mass is 9.90. The average Bonchev–Trinajstić information content (AvgIpc) is 3.34. The molecule has 0 spiro atoms. The zero-order valence-corrected chi connectivity index (χ0v) is 19.1. The molecule has 1 aromatic heterocycles. The predicted octanol–water partition coefficient (Wildman–Crippen LogP) is 4.10. The largest absolute Gasteiger partial charge is 0.486 e. The van der Waals surface area contributed by atoms with Gasteiger partial charge in [0.25, 0.3) is 17.5 Å². The molecule has 1 aliphatic carbocycles. The number of ether oxygens (including phenoxy) is 1. The third kappa shape index (κ3) is 5.96. The quantitative estimate of drug-likeness (QED) is 0.370. The highest BCUT2D eigenvalue weighted by atomic mass is 32.1. The summed E-state index contributed by atoms with van der Waals surface area (Å²) >= 11 is 1.35. The topological polar surface area (TPSA) is 123 Å². The van der Waals surface area contributed by atoms with Gasteiger partial charge in [0.1, 0.15) is 23.1 Å². The monoisotopic (exact) mass is 480 g/mol. The Bertz CT molecular complexity index is 1170. The van der Waals surface area contributed by atoms with Crippen LogP contribution in [0.1, 0.15) is 51.5 Å². The van der Waals surface area contributed by atoms with Gasteiger partial charge >= 0.3 is 0 Å². The first kappa shape index (κ1) is 23.4. The summed E-state index contributed by atoms with van der Waals surface area (Å²) in [7, 11) is 0. The van der Waals surface area contributed by atoms with Crippen LogP contribution >= 0.6 is 11.3 Å². The average molecular weight is 481 g/mol. The minimum atomic E-state index is -0.534. The van der Waals surface area contributed by atoms with Gasteiger partial charge in [0.05, 0.1) is 4.92 Å². The Balaban J connectivity index is 1.36. The first-order chi connectivity index (χ1) is 16.5. The molecule has 1 aliphatic rings. The number of hydrogen-bond acceptors (Lipinski definition) is 7. The molecule has 2 aromatic carbocycles. The van der Waals surface area contributed by atoms with Crippen LogP contribution in [0.2, 0.25) is 0 Å². The Morgan fingerprint density at radius 2 is 1.74 bits per heavy atom. The maximum absolute atomic E-state index is 12.8. The van der Waals surface area contributed by atoms with Crippen molar-refractivity contribution >= 4 is 28.8 Å². The molecular formula is C24H24N4O5S. The first-order valence-electron chi connectivity index (χ1n) is 11.0. The minimum Gasteiger partial charge on any atom is -0.486 e. The third-order valence-corrected chi connectivity index (χ3v) is 6.43. The Labute approximate surface area is 200 Å². The molecule has 0 saturated heterocycles. The summed E-state index contributed by atoms with van der Waals surface area (Å²) in [6, 6.07) is 14.5.